The third-order valence-corrected chi connectivity index (χ3v) is 0.924. The van der Waals surface area contributed by atoms with Gasteiger partial charge in [-0.25, -0.2) is 0 Å². The van der Waals surface area contributed by atoms with Crippen LogP contribution in [0.15, 0.2) is 36.4 Å². The van der Waals surface area contributed by atoms with Crippen molar-refractivity contribution in [2.24, 2.45) is 0 Å². The van der Waals surface area contributed by atoms with Crippen LogP contribution in [-0.2, 0) is 9.53 Å². The number of halogens is 1. The number of hydrogen-bond donors (Lipinski definition) is 0. The van der Waals surface area contributed by atoms with Crippen LogP contribution in [0.5, 0.6) is 0 Å². The Balaban J connectivity index is 0.000000187. The summed E-state index contributed by atoms with van der Waals surface area (Å²) in [6.07, 6.45) is 0. The lowest BCUT2D eigenvalue weighted by atomic mass is 10.4. The molecule has 0 atom stereocenters. The highest BCUT2D eigenvalue weighted by Gasteiger charge is 1.63. The van der Waals surface area contributed by atoms with E-state index < -0.39 is 0 Å². The Bertz CT molecular complexity index is 138. The number of alkyl halides is 1. The van der Waals surface area contributed by atoms with Crippen molar-refractivity contribution in [1.82, 2.24) is 0 Å². The van der Waals surface area contributed by atoms with Crippen molar-refractivity contribution in [3.05, 3.63) is 36.4 Å². The SMILES string of the molecule is O=COCCl.c1ccccc1. The minimum Gasteiger partial charge on any atom is -0.452 e. The van der Waals surface area contributed by atoms with Gasteiger partial charge in [0.2, 0.25) is 0 Å². The smallest absolute Gasteiger partial charge is 0.294 e. The molecule has 0 heterocycles. The highest BCUT2D eigenvalue weighted by Crippen LogP contribution is 1.79. The van der Waals surface area contributed by atoms with E-state index in [-0.39, 0.29) is 6.07 Å². The van der Waals surface area contributed by atoms with Gasteiger partial charge in [0, 0.05) is 0 Å². The first-order valence-corrected chi connectivity index (χ1v) is 3.56. The van der Waals surface area contributed by atoms with Gasteiger partial charge in [0.1, 0.15) is 0 Å². The van der Waals surface area contributed by atoms with E-state index in [2.05, 4.69) is 4.74 Å². The van der Waals surface area contributed by atoms with E-state index in [9.17, 15) is 0 Å². The summed E-state index contributed by atoms with van der Waals surface area (Å²) in [7, 11) is 0. The molecule has 0 aromatic heterocycles. The molecule has 0 aliphatic carbocycles. The summed E-state index contributed by atoms with van der Waals surface area (Å²) >= 11 is 4.85. The van der Waals surface area contributed by atoms with E-state index in [1.54, 1.807) is 0 Å². The molecule has 0 radical (unpaired) electrons. The van der Waals surface area contributed by atoms with Gasteiger partial charge >= 0.3 is 0 Å². The molecule has 1 rings (SSSR count). The van der Waals surface area contributed by atoms with Crippen LogP contribution in [0.2, 0.25) is 0 Å². The standard InChI is InChI=1S/C6H6.C2H3ClO2/c1-2-4-6-5-3-1;3-1-5-2-4/h1-6H;2H,1H2. The Morgan fingerprint density at radius 3 is 1.55 bits per heavy atom. The monoisotopic (exact) mass is 172 g/mol. The number of benzene rings is 1. The molecule has 0 bridgehead atoms. The van der Waals surface area contributed by atoms with Gasteiger partial charge in [0.05, 0.1) is 0 Å². The van der Waals surface area contributed by atoms with Crippen molar-refractivity contribution in [2.45, 2.75) is 0 Å². The van der Waals surface area contributed by atoms with Crippen LogP contribution in [0.3, 0.4) is 0 Å². The number of ether oxygens (including phenoxy) is 1. The lowest BCUT2D eigenvalue weighted by Gasteiger charge is -1.77. The van der Waals surface area contributed by atoms with Crippen LogP contribution >= 0.6 is 11.6 Å². The molecular weight excluding hydrogens is 164 g/mol. The van der Waals surface area contributed by atoms with Gasteiger partial charge in [-0.15, -0.1) is 0 Å². The summed E-state index contributed by atoms with van der Waals surface area (Å²) in [6, 6.07) is 11.9. The maximum Gasteiger partial charge on any atom is 0.294 e. The summed E-state index contributed by atoms with van der Waals surface area (Å²) in [5.74, 6) is 0. The number of carbonyl (C=O) groups is 1. The molecule has 0 aliphatic rings. The molecule has 0 amide bonds. The maximum absolute atomic E-state index is 9.10. The van der Waals surface area contributed by atoms with Gasteiger partial charge in [-0.1, -0.05) is 48.0 Å². The maximum atomic E-state index is 9.10. The first-order valence-electron chi connectivity index (χ1n) is 3.03. The van der Waals surface area contributed by atoms with Crippen molar-refractivity contribution >= 4 is 18.1 Å². The molecule has 0 saturated carbocycles. The van der Waals surface area contributed by atoms with E-state index in [1.165, 1.54) is 0 Å². The molecule has 0 saturated heterocycles. The van der Waals surface area contributed by atoms with Crippen LogP contribution in [0.4, 0.5) is 0 Å². The zero-order chi connectivity index (χ0) is 8.36. The summed E-state index contributed by atoms with van der Waals surface area (Å²) in [5.41, 5.74) is 0. The second kappa shape index (κ2) is 8.98. The second-order valence-corrected chi connectivity index (χ2v) is 1.74. The van der Waals surface area contributed by atoms with E-state index >= 15 is 0 Å². The predicted octanol–water partition coefficient (Wildman–Crippen LogP) is 2.04. The lowest BCUT2D eigenvalue weighted by Crippen LogP contribution is -1.77. The van der Waals surface area contributed by atoms with Gasteiger partial charge in [-0.2, -0.15) is 0 Å². The van der Waals surface area contributed by atoms with Gasteiger partial charge in [0.15, 0.2) is 6.07 Å². The van der Waals surface area contributed by atoms with Crippen LogP contribution in [0, 0.1) is 0 Å². The highest BCUT2D eigenvalue weighted by atomic mass is 35.5. The fourth-order valence-corrected chi connectivity index (χ4v) is 0.462. The van der Waals surface area contributed by atoms with Crippen molar-refractivity contribution in [3.8, 4) is 0 Å². The summed E-state index contributed by atoms with van der Waals surface area (Å²) in [5, 5.41) is 0. The van der Waals surface area contributed by atoms with Crippen molar-refractivity contribution in [1.29, 1.82) is 0 Å². The van der Waals surface area contributed by atoms with E-state index in [4.69, 9.17) is 16.4 Å². The van der Waals surface area contributed by atoms with E-state index in [0.29, 0.717) is 6.47 Å². The fourth-order valence-electron chi connectivity index (χ4n) is 0.411. The fraction of sp³-hybridized carbons (Fsp3) is 0.125. The molecule has 1 aromatic carbocycles. The van der Waals surface area contributed by atoms with Gasteiger partial charge in [-0.3, -0.25) is 4.79 Å². The summed E-state index contributed by atoms with van der Waals surface area (Å²) in [4.78, 5) is 9.10. The molecule has 0 spiro atoms. The molecule has 2 nitrogen and oxygen atoms in total. The molecule has 0 unspecified atom stereocenters. The molecule has 60 valence electrons. The zero-order valence-corrected chi connectivity index (χ0v) is 6.70. The Morgan fingerprint density at radius 1 is 1.09 bits per heavy atom. The minimum absolute atomic E-state index is 0.0521. The number of carbonyl (C=O) groups excluding carboxylic acids is 1. The lowest BCUT2D eigenvalue weighted by molar-refractivity contribution is -0.126. The Morgan fingerprint density at radius 2 is 1.45 bits per heavy atom. The molecule has 0 aliphatic heterocycles. The topological polar surface area (TPSA) is 26.3 Å². The molecular formula is C8H9ClO2. The normalized spacial score (nSPS) is 7.36. The predicted molar refractivity (Wildman–Crippen MR) is 44.3 cm³/mol. The van der Waals surface area contributed by atoms with Crippen LogP contribution in [0.25, 0.3) is 0 Å². The molecule has 0 N–H and O–H groups in total. The molecule has 3 heteroatoms. The van der Waals surface area contributed by atoms with Crippen LogP contribution < -0.4 is 0 Å². The van der Waals surface area contributed by atoms with Crippen molar-refractivity contribution in [2.75, 3.05) is 6.07 Å². The van der Waals surface area contributed by atoms with Gasteiger partial charge in [0.25, 0.3) is 6.47 Å². The average molecular weight is 173 g/mol. The third-order valence-electron chi connectivity index (χ3n) is 0.798. The van der Waals surface area contributed by atoms with Crippen molar-refractivity contribution < 1.29 is 9.53 Å². The quantitative estimate of drug-likeness (QED) is 0.504. The Kier molecular flexibility index (Phi) is 8.15. The largest absolute Gasteiger partial charge is 0.452 e. The van der Waals surface area contributed by atoms with Crippen LogP contribution in [0.1, 0.15) is 0 Å². The number of rotatable bonds is 2. The van der Waals surface area contributed by atoms with Gasteiger partial charge in [-0.05, 0) is 0 Å². The molecule has 11 heavy (non-hydrogen) atoms. The Hall–Kier alpha value is -1.02. The van der Waals surface area contributed by atoms with Gasteiger partial charge < -0.3 is 4.74 Å². The molecule has 0 fully saturated rings. The summed E-state index contributed by atoms with van der Waals surface area (Å²) in [6.45, 7) is 0.299. The third kappa shape index (κ3) is 8.98. The first kappa shape index (κ1) is 9.98. The average Bonchev–Trinajstić information content (AvgIpc) is 2.10. The van der Waals surface area contributed by atoms with E-state index in [1.807, 2.05) is 36.4 Å². The Labute approximate surface area is 70.7 Å². The van der Waals surface area contributed by atoms with Crippen molar-refractivity contribution in [3.63, 3.8) is 0 Å². The molecule has 1 aromatic rings. The summed E-state index contributed by atoms with van der Waals surface area (Å²) < 4.78 is 3.92. The van der Waals surface area contributed by atoms with Crippen LogP contribution in [-0.4, -0.2) is 12.5 Å². The second-order valence-electron chi connectivity index (χ2n) is 1.53. The minimum atomic E-state index is -0.0521. The number of hydrogen-bond acceptors (Lipinski definition) is 2. The zero-order valence-electron chi connectivity index (χ0n) is 5.94. The first-order chi connectivity index (χ1) is 5.41. The van der Waals surface area contributed by atoms with E-state index in [0.717, 1.165) is 0 Å². The highest BCUT2D eigenvalue weighted by molar-refractivity contribution is 6.17.